The van der Waals surface area contributed by atoms with E-state index in [2.05, 4.69) is 20.4 Å². The Morgan fingerprint density at radius 1 is 1.40 bits per heavy atom. The summed E-state index contributed by atoms with van der Waals surface area (Å²) in [6, 6.07) is 1.80. The second kappa shape index (κ2) is 3.86. The molecule has 2 aromatic heterocycles. The normalized spacial score (nSPS) is 10.3. The first-order chi connectivity index (χ1) is 7.19. The van der Waals surface area contributed by atoms with Gasteiger partial charge in [0.2, 0.25) is 0 Å². The Bertz CT molecular complexity index is 479. The molecule has 0 radical (unpaired) electrons. The van der Waals surface area contributed by atoms with Crippen molar-refractivity contribution < 1.29 is 0 Å². The van der Waals surface area contributed by atoms with Crippen LogP contribution in [0, 0.1) is 6.92 Å². The summed E-state index contributed by atoms with van der Waals surface area (Å²) >= 11 is 5.78. The predicted octanol–water partition coefficient (Wildman–Crippen LogP) is 1.67. The van der Waals surface area contributed by atoms with Crippen LogP contribution in [0.4, 0.5) is 5.82 Å². The first kappa shape index (κ1) is 9.92. The van der Waals surface area contributed by atoms with Crippen molar-refractivity contribution in [2.24, 2.45) is 0 Å². The summed E-state index contributed by atoms with van der Waals surface area (Å²) in [5.74, 6) is 2.13. The molecule has 0 aliphatic rings. The zero-order valence-electron chi connectivity index (χ0n) is 8.40. The summed E-state index contributed by atoms with van der Waals surface area (Å²) in [6.45, 7) is 1.83. The zero-order chi connectivity index (χ0) is 10.8. The zero-order valence-corrected chi connectivity index (χ0v) is 9.15. The Morgan fingerprint density at radius 2 is 2.20 bits per heavy atom. The molecule has 0 aromatic carbocycles. The molecule has 0 fully saturated rings. The molecule has 2 aromatic rings. The largest absolute Gasteiger partial charge is 0.373 e. The van der Waals surface area contributed by atoms with Gasteiger partial charge in [0.1, 0.15) is 11.6 Å². The van der Waals surface area contributed by atoms with Gasteiger partial charge in [-0.1, -0.05) is 11.6 Å². The van der Waals surface area contributed by atoms with Gasteiger partial charge in [0.15, 0.2) is 5.82 Å². The van der Waals surface area contributed by atoms with Crippen LogP contribution in [0.1, 0.15) is 5.82 Å². The average molecular weight is 224 g/mol. The molecule has 78 valence electrons. The van der Waals surface area contributed by atoms with Crippen molar-refractivity contribution in [3.8, 4) is 5.82 Å². The van der Waals surface area contributed by atoms with E-state index in [0.29, 0.717) is 16.7 Å². The Kier molecular flexibility index (Phi) is 2.55. The minimum absolute atomic E-state index is 0.581. The van der Waals surface area contributed by atoms with E-state index in [-0.39, 0.29) is 0 Å². The van der Waals surface area contributed by atoms with Gasteiger partial charge in [0.25, 0.3) is 0 Å². The van der Waals surface area contributed by atoms with Gasteiger partial charge in [0.05, 0.1) is 17.4 Å². The molecule has 0 amide bonds. The number of anilines is 1. The third kappa shape index (κ3) is 2.07. The molecular formula is C9H10ClN5. The second-order valence-corrected chi connectivity index (χ2v) is 3.45. The molecule has 5 nitrogen and oxygen atoms in total. The lowest BCUT2D eigenvalue weighted by Gasteiger charge is -2.04. The van der Waals surface area contributed by atoms with Crippen LogP contribution in [0.15, 0.2) is 18.5 Å². The molecule has 0 aliphatic heterocycles. The molecular weight excluding hydrogens is 214 g/mol. The van der Waals surface area contributed by atoms with Gasteiger partial charge in [0, 0.05) is 13.1 Å². The van der Waals surface area contributed by atoms with Crippen LogP contribution in [0.2, 0.25) is 5.02 Å². The fourth-order valence-corrected chi connectivity index (χ4v) is 1.36. The van der Waals surface area contributed by atoms with E-state index < -0.39 is 0 Å². The van der Waals surface area contributed by atoms with Crippen molar-refractivity contribution >= 4 is 17.4 Å². The summed E-state index contributed by atoms with van der Waals surface area (Å²) in [4.78, 5) is 8.44. The first-order valence-electron chi connectivity index (χ1n) is 4.43. The van der Waals surface area contributed by atoms with E-state index >= 15 is 0 Å². The SMILES string of the molecule is CNc1cc(-n2cc(Cl)cn2)nc(C)n1. The second-order valence-electron chi connectivity index (χ2n) is 3.01. The number of hydrogen-bond acceptors (Lipinski definition) is 4. The quantitative estimate of drug-likeness (QED) is 0.842. The van der Waals surface area contributed by atoms with Gasteiger partial charge >= 0.3 is 0 Å². The first-order valence-corrected chi connectivity index (χ1v) is 4.81. The lowest BCUT2D eigenvalue weighted by molar-refractivity contribution is 0.829. The summed E-state index contributed by atoms with van der Waals surface area (Å²) < 4.78 is 1.61. The number of nitrogens with zero attached hydrogens (tertiary/aromatic N) is 4. The maximum Gasteiger partial charge on any atom is 0.159 e. The highest BCUT2D eigenvalue weighted by Gasteiger charge is 2.04. The molecule has 6 heteroatoms. The van der Waals surface area contributed by atoms with E-state index in [1.807, 2.05) is 14.0 Å². The average Bonchev–Trinajstić information content (AvgIpc) is 2.64. The topological polar surface area (TPSA) is 55.6 Å². The molecule has 1 N–H and O–H groups in total. The van der Waals surface area contributed by atoms with E-state index in [1.165, 1.54) is 0 Å². The van der Waals surface area contributed by atoms with Crippen molar-refractivity contribution in [3.05, 3.63) is 29.3 Å². The maximum absolute atomic E-state index is 5.78. The molecule has 0 saturated carbocycles. The Morgan fingerprint density at radius 3 is 2.80 bits per heavy atom. The fraction of sp³-hybridized carbons (Fsp3) is 0.222. The van der Waals surface area contributed by atoms with E-state index in [4.69, 9.17) is 11.6 Å². The monoisotopic (exact) mass is 223 g/mol. The third-order valence-corrected chi connectivity index (χ3v) is 2.06. The van der Waals surface area contributed by atoms with Gasteiger partial charge in [-0.15, -0.1) is 0 Å². The third-order valence-electron chi connectivity index (χ3n) is 1.87. The highest BCUT2D eigenvalue weighted by molar-refractivity contribution is 6.30. The van der Waals surface area contributed by atoms with Gasteiger partial charge in [-0.2, -0.15) is 5.10 Å². The maximum atomic E-state index is 5.78. The van der Waals surface area contributed by atoms with Gasteiger partial charge in [-0.25, -0.2) is 14.6 Å². The molecule has 15 heavy (non-hydrogen) atoms. The van der Waals surface area contributed by atoms with Crippen LogP contribution in [-0.4, -0.2) is 26.8 Å². The lowest BCUT2D eigenvalue weighted by Crippen LogP contribution is -2.03. The van der Waals surface area contributed by atoms with Crippen molar-refractivity contribution in [3.63, 3.8) is 0 Å². The van der Waals surface area contributed by atoms with Gasteiger partial charge in [-0.05, 0) is 6.92 Å². The van der Waals surface area contributed by atoms with Crippen LogP contribution in [-0.2, 0) is 0 Å². The van der Waals surface area contributed by atoms with E-state index in [0.717, 1.165) is 5.82 Å². The molecule has 0 unspecified atom stereocenters. The Hall–Kier alpha value is -1.62. The lowest BCUT2D eigenvalue weighted by atomic mass is 10.5. The van der Waals surface area contributed by atoms with Crippen LogP contribution in [0.25, 0.3) is 5.82 Å². The fourth-order valence-electron chi connectivity index (χ4n) is 1.22. The molecule has 0 aliphatic carbocycles. The highest BCUT2D eigenvalue weighted by Crippen LogP contribution is 2.12. The molecule has 2 heterocycles. The number of aromatic nitrogens is 4. The van der Waals surface area contributed by atoms with E-state index in [9.17, 15) is 0 Å². The highest BCUT2D eigenvalue weighted by atomic mass is 35.5. The standard InChI is InChI=1S/C9H10ClN5/c1-6-13-8(11-2)3-9(14-6)15-5-7(10)4-12-15/h3-5H,1-2H3,(H,11,13,14). The van der Waals surface area contributed by atoms with E-state index in [1.54, 1.807) is 23.1 Å². The number of aryl methyl sites for hydroxylation is 1. The van der Waals surface area contributed by atoms with Gasteiger partial charge < -0.3 is 5.32 Å². The summed E-state index contributed by atoms with van der Waals surface area (Å²) in [7, 11) is 1.81. The summed E-state index contributed by atoms with van der Waals surface area (Å²) in [5.41, 5.74) is 0. The van der Waals surface area contributed by atoms with Crippen LogP contribution < -0.4 is 5.32 Å². The van der Waals surface area contributed by atoms with Crippen molar-refractivity contribution in [1.82, 2.24) is 19.7 Å². The predicted molar refractivity (Wildman–Crippen MR) is 58.4 cm³/mol. The molecule has 0 bridgehead atoms. The van der Waals surface area contributed by atoms with Crippen molar-refractivity contribution in [2.75, 3.05) is 12.4 Å². The molecule has 0 saturated heterocycles. The molecule has 2 rings (SSSR count). The van der Waals surface area contributed by atoms with Gasteiger partial charge in [-0.3, -0.25) is 0 Å². The number of nitrogens with one attached hydrogen (secondary N) is 1. The van der Waals surface area contributed by atoms with Crippen LogP contribution in [0.5, 0.6) is 0 Å². The minimum Gasteiger partial charge on any atom is -0.373 e. The Labute approximate surface area is 92.1 Å². The van der Waals surface area contributed by atoms with Crippen molar-refractivity contribution in [2.45, 2.75) is 6.92 Å². The number of hydrogen-bond donors (Lipinski definition) is 1. The number of rotatable bonds is 2. The van der Waals surface area contributed by atoms with Crippen molar-refractivity contribution in [1.29, 1.82) is 0 Å². The number of halogens is 1. The minimum atomic E-state index is 0.581. The van der Waals surface area contributed by atoms with Crippen LogP contribution in [0.3, 0.4) is 0 Å². The molecule has 0 spiro atoms. The summed E-state index contributed by atoms with van der Waals surface area (Å²) in [5, 5.41) is 7.61. The Balaban J connectivity index is 2.48. The molecule has 0 atom stereocenters. The smallest absolute Gasteiger partial charge is 0.159 e. The van der Waals surface area contributed by atoms with Crippen LogP contribution >= 0.6 is 11.6 Å². The summed E-state index contributed by atoms with van der Waals surface area (Å²) in [6.07, 6.45) is 3.26.